The fraction of sp³-hybridized carbons (Fsp3) is 0.357. The van der Waals surface area contributed by atoms with E-state index in [2.05, 4.69) is 16.3 Å². The van der Waals surface area contributed by atoms with E-state index in [1.165, 1.54) is 33.6 Å². The molecule has 3 aromatic rings. The molecule has 1 aromatic heterocycles. The van der Waals surface area contributed by atoms with Gasteiger partial charge in [0.2, 0.25) is 0 Å². The Morgan fingerprint density at radius 3 is 2.43 bits per heavy atom. The molecule has 0 bridgehead atoms. The number of nitrogens with zero attached hydrogens (tertiary/aromatic N) is 2. The molecule has 0 aliphatic carbocycles. The summed E-state index contributed by atoms with van der Waals surface area (Å²) in [6.07, 6.45) is 3.75. The quantitative estimate of drug-likeness (QED) is 0.512. The van der Waals surface area contributed by atoms with Gasteiger partial charge in [-0.3, -0.25) is 9.69 Å². The molecule has 1 amide bonds. The summed E-state index contributed by atoms with van der Waals surface area (Å²) in [5, 5.41) is 12.0. The maximum Gasteiger partial charge on any atom is 0.261 e. The Morgan fingerprint density at radius 2 is 1.78 bits per heavy atom. The van der Waals surface area contributed by atoms with Gasteiger partial charge in [-0.25, -0.2) is 8.42 Å². The Labute approximate surface area is 221 Å². The second-order valence-corrected chi connectivity index (χ2v) is 12.8. The Morgan fingerprint density at radius 1 is 1.11 bits per heavy atom. The zero-order valence-electron chi connectivity index (χ0n) is 20.7. The number of ether oxygens (including phenoxy) is 1. The van der Waals surface area contributed by atoms with Crippen molar-refractivity contribution in [3.8, 4) is 6.07 Å². The van der Waals surface area contributed by atoms with Gasteiger partial charge in [-0.05, 0) is 66.3 Å². The maximum atomic E-state index is 13.0. The number of amides is 1. The van der Waals surface area contributed by atoms with Crippen molar-refractivity contribution in [3.63, 3.8) is 0 Å². The summed E-state index contributed by atoms with van der Waals surface area (Å²) in [6.45, 7) is 3.65. The molecular weight excluding hydrogens is 506 g/mol. The van der Waals surface area contributed by atoms with E-state index in [0.29, 0.717) is 23.6 Å². The highest BCUT2D eigenvalue weighted by Crippen LogP contribution is 2.45. The number of sulfone groups is 1. The first-order valence-corrected chi connectivity index (χ1v) is 15.0. The van der Waals surface area contributed by atoms with Gasteiger partial charge in [-0.2, -0.15) is 5.26 Å². The second-order valence-electron chi connectivity index (χ2n) is 9.74. The average molecular weight is 536 g/mol. The van der Waals surface area contributed by atoms with Gasteiger partial charge in [0.25, 0.3) is 5.91 Å². The smallest absolute Gasteiger partial charge is 0.261 e. The number of benzene rings is 2. The predicted octanol–water partition coefficient (Wildman–Crippen LogP) is 4.02. The number of hydrogen-bond donors (Lipinski definition) is 1. The zero-order chi connectivity index (χ0) is 26.0. The van der Waals surface area contributed by atoms with Gasteiger partial charge in [-0.1, -0.05) is 24.3 Å². The molecule has 1 spiro atoms. The van der Waals surface area contributed by atoms with Crippen LogP contribution >= 0.6 is 11.3 Å². The first kappa shape index (κ1) is 25.6. The normalized spacial score (nSPS) is 17.2. The number of rotatable bonds is 6. The van der Waals surface area contributed by atoms with Crippen LogP contribution in [0.3, 0.4) is 0 Å². The van der Waals surface area contributed by atoms with E-state index in [4.69, 9.17) is 10.00 Å². The molecule has 0 atom stereocenters. The standard InChI is InChI=1S/C28H29N3O4S2/c1-37(33,34)24-8-6-21(7-9-24)18-30-27(32)25-16-23-10-15-35-28(26(23)36-25)11-13-31(14-12-28)19-22-4-2-20(17-29)3-5-22/h2-9,16H,10-15,18-19H2,1H3,(H,30,32). The third-order valence-corrected chi connectivity index (χ3v) is 9.64. The number of hydrogen-bond acceptors (Lipinski definition) is 7. The highest BCUT2D eigenvalue weighted by Gasteiger charge is 2.42. The molecule has 3 heterocycles. The third kappa shape index (κ3) is 5.63. The van der Waals surface area contributed by atoms with Crippen molar-refractivity contribution in [2.24, 2.45) is 0 Å². The minimum absolute atomic E-state index is 0.125. The van der Waals surface area contributed by atoms with Crippen LogP contribution in [0, 0.1) is 11.3 Å². The second kappa shape index (κ2) is 10.4. The molecule has 2 aliphatic rings. The van der Waals surface area contributed by atoms with Gasteiger partial charge in [0.15, 0.2) is 9.84 Å². The van der Waals surface area contributed by atoms with E-state index in [9.17, 15) is 13.2 Å². The Kier molecular flexibility index (Phi) is 7.19. The van der Waals surface area contributed by atoms with Crippen molar-refractivity contribution < 1.29 is 17.9 Å². The van der Waals surface area contributed by atoms with Gasteiger partial charge < -0.3 is 10.1 Å². The van der Waals surface area contributed by atoms with Gasteiger partial charge in [0.1, 0.15) is 5.60 Å². The van der Waals surface area contributed by atoms with Crippen LogP contribution in [0.15, 0.2) is 59.5 Å². The van der Waals surface area contributed by atoms with Crippen molar-refractivity contribution in [2.45, 2.75) is 42.8 Å². The number of fused-ring (bicyclic) bond motifs is 2. The summed E-state index contributed by atoms with van der Waals surface area (Å²) in [7, 11) is -3.24. The van der Waals surface area contributed by atoms with E-state index in [1.54, 1.807) is 24.3 Å². The Balaban J connectivity index is 1.22. The van der Waals surface area contributed by atoms with Gasteiger partial charge in [-0.15, -0.1) is 11.3 Å². The summed E-state index contributed by atoms with van der Waals surface area (Å²) in [5.74, 6) is -0.125. The number of likely N-dealkylation sites (tertiary alicyclic amines) is 1. The number of thiophene rings is 1. The lowest BCUT2D eigenvalue weighted by Crippen LogP contribution is -2.45. The summed E-state index contributed by atoms with van der Waals surface area (Å²) in [6, 6.07) is 18.5. The molecule has 0 unspecified atom stereocenters. The maximum absolute atomic E-state index is 13.0. The molecular formula is C28H29N3O4S2. The average Bonchev–Trinajstić information content (AvgIpc) is 3.35. The third-order valence-electron chi connectivity index (χ3n) is 7.15. The molecule has 1 N–H and O–H groups in total. The number of nitriles is 1. The van der Waals surface area contributed by atoms with Crippen molar-refractivity contribution in [3.05, 3.63) is 86.6 Å². The number of nitrogens with one attached hydrogen (secondary N) is 1. The van der Waals surface area contributed by atoms with E-state index < -0.39 is 9.84 Å². The molecule has 192 valence electrons. The van der Waals surface area contributed by atoms with Crippen LogP contribution in [0.1, 0.15) is 49.6 Å². The molecule has 0 saturated carbocycles. The highest BCUT2D eigenvalue weighted by atomic mass is 32.2. The van der Waals surface area contributed by atoms with Gasteiger partial charge in [0, 0.05) is 37.3 Å². The fourth-order valence-corrected chi connectivity index (χ4v) is 7.00. The van der Waals surface area contributed by atoms with Gasteiger partial charge >= 0.3 is 0 Å². The Hall–Kier alpha value is -3.03. The van der Waals surface area contributed by atoms with Gasteiger partial charge in [0.05, 0.1) is 28.0 Å². The van der Waals surface area contributed by atoms with E-state index in [0.717, 1.165) is 44.5 Å². The summed E-state index contributed by atoms with van der Waals surface area (Å²) in [4.78, 5) is 17.5. The van der Waals surface area contributed by atoms with Crippen LogP contribution < -0.4 is 5.32 Å². The minimum Gasteiger partial charge on any atom is -0.369 e. The van der Waals surface area contributed by atoms with Crippen LogP contribution in [-0.4, -0.2) is 45.2 Å². The molecule has 2 aromatic carbocycles. The molecule has 9 heteroatoms. The first-order chi connectivity index (χ1) is 17.8. The molecule has 2 aliphatic heterocycles. The van der Waals surface area contributed by atoms with Crippen LogP contribution in [-0.2, 0) is 39.7 Å². The molecule has 5 rings (SSSR count). The number of piperidine rings is 1. The van der Waals surface area contributed by atoms with Crippen molar-refractivity contribution in [2.75, 3.05) is 26.0 Å². The highest BCUT2D eigenvalue weighted by molar-refractivity contribution is 7.90. The number of carbonyl (C=O) groups excluding carboxylic acids is 1. The fourth-order valence-electron chi connectivity index (χ4n) is 5.04. The van der Waals surface area contributed by atoms with Crippen LogP contribution in [0.2, 0.25) is 0 Å². The molecule has 1 fully saturated rings. The molecule has 1 saturated heterocycles. The lowest BCUT2D eigenvalue weighted by Gasteiger charge is -2.43. The SMILES string of the molecule is CS(=O)(=O)c1ccc(CNC(=O)c2cc3c(s2)C2(CCN(Cc4ccc(C#N)cc4)CC2)OCC3)cc1. The lowest BCUT2D eigenvalue weighted by molar-refractivity contribution is -0.0960. The summed E-state index contributed by atoms with van der Waals surface area (Å²) < 4.78 is 29.7. The van der Waals surface area contributed by atoms with Crippen LogP contribution in [0.5, 0.6) is 0 Å². The Bertz CT molecular complexity index is 1430. The first-order valence-electron chi connectivity index (χ1n) is 12.3. The minimum atomic E-state index is -3.24. The number of carbonyl (C=O) groups is 1. The van der Waals surface area contributed by atoms with Crippen molar-refractivity contribution >= 4 is 27.1 Å². The monoisotopic (exact) mass is 535 g/mol. The van der Waals surface area contributed by atoms with Crippen molar-refractivity contribution in [1.82, 2.24) is 10.2 Å². The van der Waals surface area contributed by atoms with Crippen LogP contribution in [0.25, 0.3) is 0 Å². The predicted molar refractivity (Wildman–Crippen MR) is 142 cm³/mol. The molecule has 7 nitrogen and oxygen atoms in total. The van der Waals surface area contributed by atoms with Crippen LogP contribution in [0.4, 0.5) is 0 Å². The van der Waals surface area contributed by atoms with E-state index in [-0.39, 0.29) is 16.4 Å². The van der Waals surface area contributed by atoms with E-state index in [1.807, 2.05) is 30.3 Å². The van der Waals surface area contributed by atoms with E-state index >= 15 is 0 Å². The summed E-state index contributed by atoms with van der Waals surface area (Å²) in [5.41, 5.74) is 3.59. The summed E-state index contributed by atoms with van der Waals surface area (Å²) >= 11 is 1.53. The van der Waals surface area contributed by atoms with Crippen molar-refractivity contribution in [1.29, 1.82) is 5.26 Å². The molecule has 0 radical (unpaired) electrons. The lowest BCUT2D eigenvalue weighted by atomic mass is 9.85. The zero-order valence-corrected chi connectivity index (χ0v) is 22.3. The molecule has 37 heavy (non-hydrogen) atoms. The largest absolute Gasteiger partial charge is 0.369 e. The topological polar surface area (TPSA) is 99.5 Å².